The van der Waals surface area contributed by atoms with Crippen molar-refractivity contribution in [3.8, 4) is 17.0 Å². The normalized spacial score (nSPS) is 10.9. The van der Waals surface area contributed by atoms with E-state index in [2.05, 4.69) is 10.3 Å². The van der Waals surface area contributed by atoms with Gasteiger partial charge in [-0.3, -0.25) is 4.79 Å². The third-order valence-electron chi connectivity index (χ3n) is 4.06. The summed E-state index contributed by atoms with van der Waals surface area (Å²) in [6.45, 7) is -0.286. The Morgan fingerprint density at radius 2 is 1.71 bits per heavy atom. The van der Waals surface area contributed by atoms with Crippen LogP contribution in [0.3, 0.4) is 0 Å². The molecule has 0 aliphatic rings. The van der Waals surface area contributed by atoms with Gasteiger partial charge in [0.1, 0.15) is 0 Å². The predicted octanol–water partition coefficient (Wildman–Crippen LogP) is 1.95. The fourth-order valence-electron chi connectivity index (χ4n) is 2.69. The molecule has 31 heavy (non-hydrogen) atoms. The van der Waals surface area contributed by atoms with Crippen LogP contribution in [0.1, 0.15) is 10.4 Å². The summed E-state index contributed by atoms with van der Waals surface area (Å²) in [6.07, 6.45) is 0.331. The minimum Gasteiger partial charge on any atom is -0.395 e. The number of nitrogens with zero attached hydrogens (tertiary/aromatic N) is 1. The number of ether oxygens (including phenoxy) is 1. The standard InChI is InChI=1S/C21H19N3O6S/c25-13-12-23-21(27)30-19-14-16(10-11-22-19)20(26)24-31(28,29)18-9-5-4-8-17(18)15-6-2-1-3-7-15/h1-11,14,25H,12-13H2,(H,23,27)(H,24,26). The van der Waals surface area contributed by atoms with Crippen LogP contribution in [0, 0.1) is 0 Å². The molecule has 0 bridgehead atoms. The molecule has 10 heteroatoms. The van der Waals surface area contributed by atoms with Crippen molar-refractivity contribution in [1.29, 1.82) is 0 Å². The van der Waals surface area contributed by atoms with Crippen LogP contribution < -0.4 is 14.8 Å². The van der Waals surface area contributed by atoms with Gasteiger partial charge in [0.2, 0.25) is 5.88 Å². The number of aliphatic hydroxyl groups excluding tert-OH is 1. The van der Waals surface area contributed by atoms with Gasteiger partial charge in [-0.2, -0.15) is 0 Å². The molecule has 3 aromatic rings. The molecule has 0 spiro atoms. The predicted molar refractivity (Wildman–Crippen MR) is 112 cm³/mol. The Morgan fingerprint density at radius 3 is 2.45 bits per heavy atom. The first-order valence-corrected chi connectivity index (χ1v) is 10.6. The van der Waals surface area contributed by atoms with Gasteiger partial charge in [0.25, 0.3) is 15.9 Å². The van der Waals surface area contributed by atoms with Gasteiger partial charge in [0, 0.05) is 29.9 Å². The molecular weight excluding hydrogens is 422 g/mol. The van der Waals surface area contributed by atoms with Gasteiger partial charge in [-0.15, -0.1) is 0 Å². The minimum absolute atomic E-state index is 0.0158. The Labute approximate surface area is 178 Å². The van der Waals surface area contributed by atoms with Crippen LogP contribution in [-0.2, 0) is 10.0 Å². The number of hydrogen-bond donors (Lipinski definition) is 3. The van der Waals surface area contributed by atoms with E-state index in [1.165, 1.54) is 18.3 Å². The number of nitrogens with one attached hydrogen (secondary N) is 2. The first-order chi connectivity index (χ1) is 14.9. The van der Waals surface area contributed by atoms with E-state index in [1.54, 1.807) is 42.5 Å². The third kappa shape index (κ3) is 5.65. The lowest BCUT2D eigenvalue weighted by atomic mass is 10.1. The number of hydrogen-bond acceptors (Lipinski definition) is 7. The second kappa shape index (κ2) is 9.83. The number of carbonyl (C=O) groups excluding carboxylic acids is 2. The number of amides is 2. The van der Waals surface area contributed by atoms with Crippen LogP contribution in [-0.4, -0.2) is 43.7 Å². The van der Waals surface area contributed by atoms with E-state index < -0.39 is 22.0 Å². The second-order valence-electron chi connectivity index (χ2n) is 6.22. The number of benzene rings is 2. The number of aromatic nitrogens is 1. The number of rotatable bonds is 7. The number of carbonyl (C=O) groups is 2. The van der Waals surface area contributed by atoms with E-state index in [1.807, 2.05) is 10.8 Å². The fraction of sp³-hybridized carbons (Fsp3) is 0.0952. The quantitative estimate of drug-likeness (QED) is 0.510. The molecule has 0 saturated heterocycles. The van der Waals surface area contributed by atoms with Crippen molar-refractivity contribution in [2.24, 2.45) is 0 Å². The lowest BCUT2D eigenvalue weighted by Crippen LogP contribution is -2.31. The topological polar surface area (TPSA) is 135 Å². The molecule has 160 valence electrons. The summed E-state index contributed by atoms with van der Waals surface area (Å²) in [5.74, 6) is -1.11. The summed E-state index contributed by atoms with van der Waals surface area (Å²) in [6, 6.07) is 17.7. The van der Waals surface area contributed by atoms with E-state index in [4.69, 9.17) is 9.84 Å². The highest BCUT2D eigenvalue weighted by Gasteiger charge is 2.23. The molecular formula is C21H19N3O6S. The van der Waals surface area contributed by atoms with Crippen LogP contribution in [0.4, 0.5) is 4.79 Å². The first kappa shape index (κ1) is 21.9. The molecule has 2 amide bonds. The third-order valence-corrected chi connectivity index (χ3v) is 5.45. The van der Waals surface area contributed by atoms with E-state index in [0.717, 1.165) is 6.07 Å². The van der Waals surface area contributed by atoms with Crippen LogP contribution in [0.5, 0.6) is 5.88 Å². The van der Waals surface area contributed by atoms with Crippen LogP contribution in [0.15, 0.2) is 77.8 Å². The number of aliphatic hydroxyl groups is 1. The average Bonchev–Trinajstić information content (AvgIpc) is 2.78. The van der Waals surface area contributed by atoms with Crippen LogP contribution in [0.2, 0.25) is 0 Å². The van der Waals surface area contributed by atoms with Crippen molar-refractivity contribution in [3.63, 3.8) is 0 Å². The molecule has 0 unspecified atom stereocenters. The highest BCUT2D eigenvalue weighted by Crippen LogP contribution is 2.27. The summed E-state index contributed by atoms with van der Waals surface area (Å²) < 4.78 is 32.8. The average molecular weight is 441 g/mol. The van der Waals surface area contributed by atoms with Crippen LogP contribution in [0.25, 0.3) is 11.1 Å². The summed E-state index contributed by atoms with van der Waals surface area (Å²) in [5.41, 5.74) is 1.06. The summed E-state index contributed by atoms with van der Waals surface area (Å²) in [7, 11) is -4.20. The van der Waals surface area contributed by atoms with E-state index in [-0.39, 0.29) is 29.5 Å². The van der Waals surface area contributed by atoms with Gasteiger partial charge >= 0.3 is 6.09 Å². The van der Waals surface area contributed by atoms with E-state index in [9.17, 15) is 18.0 Å². The highest BCUT2D eigenvalue weighted by molar-refractivity contribution is 7.90. The molecule has 3 rings (SSSR count). The molecule has 0 radical (unpaired) electrons. The lowest BCUT2D eigenvalue weighted by Gasteiger charge is -2.12. The SMILES string of the molecule is O=C(NCCO)Oc1cc(C(=O)NS(=O)(=O)c2ccccc2-c2ccccc2)ccn1. The van der Waals surface area contributed by atoms with Crippen molar-refractivity contribution >= 4 is 22.0 Å². The zero-order chi connectivity index (χ0) is 22.3. The monoisotopic (exact) mass is 441 g/mol. The van der Waals surface area contributed by atoms with E-state index >= 15 is 0 Å². The maximum Gasteiger partial charge on any atom is 0.414 e. The Morgan fingerprint density at radius 1 is 1.00 bits per heavy atom. The molecule has 0 atom stereocenters. The molecule has 0 fully saturated rings. The van der Waals surface area contributed by atoms with Crippen molar-refractivity contribution in [1.82, 2.24) is 15.0 Å². The van der Waals surface area contributed by atoms with Crippen molar-refractivity contribution in [3.05, 3.63) is 78.5 Å². The Kier molecular flexibility index (Phi) is 6.96. The summed E-state index contributed by atoms with van der Waals surface area (Å²) in [4.78, 5) is 27.9. The zero-order valence-electron chi connectivity index (χ0n) is 16.2. The van der Waals surface area contributed by atoms with Gasteiger partial charge in [0.15, 0.2) is 0 Å². The largest absolute Gasteiger partial charge is 0.414 e. The molecule has 0 aliphatic heterocycles. The molecule has 1 heterocycles. The molecule has 0 saturated carbocycles. The number of pyridine rings is 1. The molecule has 3 N–H and O–H groups in total. The maximum absolute atomic E-state index is 12.9. The minimum atomic E-state index is -4.20. The lowest BCUT2D eigenvalue weighted by molar-refractivity contribution is 0.0980. The highest BCUT2D eigenvalue weighted by atomic mass is 32.2. The Balaban J connectivity index is 1.81. The van der Waals surface area contributed by atoms with Gasteiger partial charge in [-0.1, -0.05) is 48.5 Å². The van der Waals surface area contributed by atoms with Gasteiger partial charge in [-0.05, 0) is 17.7 Å². The smallest absolute Gasteiger partial charge is 0.395 e. The van der Waals surface area contributed by atoms with E-state index in [0.29, 0.717) is 11.1 Å². The zero-order valence-corrected chi connectivity index (χ0v) is 17.0. The summed E-state index contributed by atoms with van der Waals surface area (Å²) in [5, 5.41) is 11.0. The Bertz CT molecular complexity index is 1180. The second-order valence-corrected chi connectivity index (χ2v) is 7.87. The maximum atomic E-state index is 12.9. The van der Waals surface area contributed by atoms with Crippen molar-refractivity contribution < 1.29 is 27.9 Å². The molecule has 2 aromatic carbocycles. The summed E-state index contributed by atoms with van der Waals surface area (Å²) >= 11 is 0. The first-order valence-electron chi connectivity index (χ1n) is 9.15. The fourth-order valence-corrected chi connectivity index (χ4v) is 3.89. The molecule has 0 aliphatic carbocycles. The van der Waals surface area contributed by atoms with Crippen molar-refractivity contribution in [2.45, 2.75) is 4.90 Å². The molecule has 1 aromatic heterocycles. The van der Waals surface area contributed by atoms with Gasteiger partial charge in [0.05, 0.1) is 11.5 Å². The van der Waals surface area contributed by atoms with Crippen LogP contribution >= 0.6 is 0 Å². The molecule has 9 nitrogen and oxygen atoms in total. The van der Waals surface area contributed by atoms with Gasteiger partial charge < -0.3 is 15.2 Å². The Hall–Kier alpha value is -3.76. The number of sulfonamides is 1. The van der Waals surface area contributed by atoms with Crippen molar-refractivity contribution in [2.75, 3.05) is 13.2 Å². The van der Waals surface area contributed by atoms with Gasteiger partial charge in [-0.25, -0.2) is 22.9 Å².